The van der Waals surface area contributed by atoms with Crippen LogP contribution < -0.4 is 15.9 Å². The fourth-order valence-electron chi connectivity index (χ4n) is 2.88. The van der Waals surface area contributed by atoms with Crippen molar-refractivity contribution in [3.8, 4) is 10.4 Å². The molecule has 0 saturated heterocycles. The van der Waals surface area contributed by atoms with Crippen molar-refractivity contribution in [3.63, 3.8) is 0 Å². The number of amides is 2. The number of hydrogen-bond acceptors (Lipinski definition) is 6. The van der Waals surface area contributed by atoms with Crippen LogP contribution in [-0.4, -0.2) is 35.7 Å². The second-order valence-electron chi connectivity index (χ2n) is 6.71. The highest BCUT2D eigenvalue weighted by Crippen LogP contribution is 2.35. The first-order chi connectivity index (χ1) is 14.8. The van der Waals surface area contributed by atoms with Crippen molar-refractivity contribution in [2.45, 2.75) is 20.7 Å². The SMILES string of the molecule is CBNCC(=O)Nc1nc(C)c(-c2cnc(Cl)c(NC(=O)c3c(C)cccc3F)c2)s1. The van der Waals surface area contributed by atoms with Gasteiger partial charge in [0.25, 0.3) is 5.91 Å². The first-order valence-corrected chi connectivity index (χ1v) is 10.7. The first-order valence-electron chi connectivity index (χ1n) is 9.50. The quantitative estimate of drug-likeness (QED) is 0.369. The van der Waals surface area contributed by atoms with Gasteiger partial charge in [0.2, 0.25) is 5.91 Å². The smallest absolute Gasteiger partial charge is 0.258 e. The number of carbonyl (C=O) groups excluding carboxylic acids is 2. The summed E-state index contributed by atoms with van der Waals surface area (Å²) < 4.78 is 14.1. The molecular formula is C20H20BClFN5O2S. The Kier molecular flexibility index (Phi) is 7.37. The van der Waals surface area contributed by atoms with Gasteiger partial charge in [-0.1, -0.05) is 41.9 Å². The summed E-state index contributed by atoms with van der Waals surface area (Å²) >= 11 is 7.44. The van der Waals surface area contributed by atoms with E-state index in [2.05, 4.69) is 25.8 Å². The molecule has 2 aromatic heterocycles. The molecule has 160 valence electrons. The standard InChI is InChI=1S/C20H20BClFN5O2S/c1-10-5-4-6-13(23)16(10)19(30)27-14-7-12(8-24-18(14)22)17-11(2)26-20(31-17)28-15(29)9-25-21-3/h4-8,21,25H,9H2,1-3H3,(H,27,30)(H,26,28,29). The molecule has 0 aliphatic rings. The summed E-state index contributed by atoms with van der Waals surface area (Å²) in [4.78, 5) is 33.8. The maximum atomic E-state index is 14.1. The van der Waals surface area contributed by atoms with E-state index in [1.54, 1.807) is 32.2 Å². The molecule has 0 saturated carbocycles. The van der Waals surface area contributed by atoms with E-state index in [1.807, 2.05) is 6.82 Å². The number of benzene rings is 1. The van der Waals surface area contributed by atoms with Gasteiger partial charge in [-0.3, -0.25) is 9.59 Å². The Hall–Kier alpha value is -2.82. The molecule has 31 heavy (non-hydrogen) atoms. The molecule has 2 amide bonds. The molecule has 0 aliphatic carbocycles. The molecular weight excluding hydrogens is 440 g/mol. The Labute approximate surface area is 188 Å². The Morgan fingerprint density at radius 3 is 2.74 bits per heavy atom. The molecule has 3 N–H and O–H groups in total. The lowest BCUT2D eigenvalue weighted by atomic mass is 10.0. The number of rotatable bonds is 7. The molecule has 0 radical (unpaired) electrons. The topological polar surface area (TPSA) is 96.0 Å². The molecule has 0 atom stereocenters. The summed E-state index contributed by atoms with van der Waals surface area (Å²) in [6, 6.07) is 6.07. The van der Waals surface area contributed by atoms with Crippen molar-refractivity contribution in [1.82, 2.24) is 15.2 Å². The molecule has 0 aliphatic heterocycles. The van der Waals surface area contributed by atoms with Gasteiger partial charge in [-0.05, 0) is 31.5 Å². The van der Waals surface area contributed by atoms with E-state index in [1.165, 1.54) is 23.5 Å². The summed E-state index contributed by atoms with van der Waals surface area (Å²) in [5.74, 6) is -1.42. The van der Waals surface area contributed by atoms with Crippen molar-refractivity contribution in [2.75, 3.05) is 17.2 Å². The van der Waals surface area contributed by atoms with Crippen LogP contribution in [0.5, 0.6) is 0 Å². The van der Waals surface area contributed by atoms with Gasteiger partial charge in [-0.25, -0.2) is 14.4 Å². The fourth-order valence-corrected chi connectivity index (χ4v) is 4.00. The summed E-state index contributed by atoms with van der Waals surface area (Å²) in [6.07, 6.45) is 1.55. The average Bonchev–Trinajstić information content (AvgIpc) is 3.07. The van der Waals surface area contributed by atoms with Gasteiger partial charge in [-0.2, -0.15) is 0 Å². The van der Waals surface area contributed by atoms with Gasteiger partial charge >= 0.3 is 0 Å². The Morgan fingerprint density at radius 1 is 1.26 bits per heavy atom. The third-order valence-electron chi connectivity index (χ3n) is 4.38. The predicted octanol–water partition coefficient (Wildman–Crippen LogP) is 3.79. The number of nitrogens with zero attached hydrogens (tertiary/aromatic N) is 2. The van der Waals surface area contributed by atoms with E-state index in [0.29, 0.717) is 29.4 Å². The molecule has 11 heteroatoms. The van der Waals surface area contributed by atoms with Crippen LogP contribution in [0.1, 0.15) is 21.6 Å². The normalized spacial score (nSPS) is 10.6. The summed E-state index contributed by atoms with van der Waals surface area (Å²) in [7, 11) is 0.687. The van der Waals surface area contributed by atoms with Crippen molar-refractivity contribution in [1.29, 1.82) is 0 Å². The highest BCUT2D eigenvalue weighted by molar-refractivity contribution is 7.19. The van der Waals surface area contributed by atoms with Gasteiger partial charge < -0.3 is 15.9 Å². The molecule has 0 spiro atoms. The Bertz CT molecular complexity index is 1120. The van der Waals surface area contributed by atoms with Crippen molar-refractivity contribution in [2.24, 2.45) is 0 Å². The van der Waals surface area contributed by atoms with E-state index in [-0.39, 0.29) is 28.9 Å². The molecule has 1 aromatic carbocycles. The minimum Gasteiger partial charge on any atom is -0.351 e. The lowest BCUT2D eigenvalue weighted by Crippen LogP contribution is -2.29. The largest absolute Gasteiger partial charge is 0.351 e. The van der Waals surface area contributed by atoms with Crippen LogP contribution in [0.25, 0.3) is 10.4 Å². The molecule has 0 bridgehead atoms. The lowest BCUT2D eigenvalue weighted by molar-refractivity contribution is -0.115. The second kappa shape index (κ2) is 9.99. The zero-order valence-electron chi connectivity index (χ0n) is 17.2. The molecule has 3 aromatic rings. The van der Waals surface area contributed by atoms with Crippen LogP contribution in [0.2, 0.25) is 12.0 Å². The minimum atomic E-state index is -0.617. The molecule has 0 unspecified atom stereocenters. The minimum absolute atomic E-state index is 0.0522. The van der Waals surface area contributed by atoms with Gasteiger partial charge in [0.05, 0.1) is 28.4 Å². The van der Waals surface area contributed by atoms with Crippen LogP contribution in [0.4, 0.5) is 15.2 Å². The van der Waals surface area contributed by atoms with E-state index in [0.717, 1.165) is 4.88 Å². The maximum Gasteiger partial charge on any atom is 0.258 e. The first kappa shape index (κ1) is 22.9. The number of pyridine rings is 1. The van der Waals surface area contributed by atoms with Crippen LogP contribution in [0, 0.1) is 19.7 Å². The maximum absolute atomic E-state index is 14.1. The highest BCUT2D eigenvalue weighted by atomic mass is 35.5. The number of anilines is 2. The number of nitrogens with one attached hydrogen (secondary N) is 3. The molecule has 0 fully saturated rings. The fraction of sp³-hybridized carbons (Fsp3) is 0.200. The Balaban J connectivity index is 1.85. The molecule has 7 nitrogen and oxygen atoms in total. The second-order valence-corrected chi connectivity index (χ2v) is 8.07. The van der Waals surface area contributed by atoms with Gasteiger partial charge in [0, 0.05) is 11.8 Å². The van der Waals surface area contributed by atoms with Crippen LogP contribution in [0.15, 0.2) is 30.5 Å². The Morgan fingerprint density at radius 2 is 2.03 bits per heavy atom. The van der Waals surface area contributed by atoms with Crippen molar-refractivity contribution >= 4 is 53.0 Å². The number of aromatic nitrogens is 2. The van der Waals surface area contributed by atoms with E-state index in [4.69, 9.17) is 11.6 Å². The lowest BCUT2D eigenvalue weighted by Gasteiger charge is -2.11. The van der Waals surface area contributed by atoms with E-state index in [9.17, 15) is 14.0 Å². The average molecular weight is 460 g/mol. The van der Waals surface area contributed by atoms with Crippen LogP contribution in [-0.2, 0) is 4.79 Å². The molecule has 3 rings (SSSR count). The summed E-state index contributed by atoms with van der Waals surface area (Å²) in [6.45, 7) is 5.57. The van der Waals surface area contributed by atoms with Gasteiger partial charge in [0.15, 0.2) is 17.7 Å². The number of carbonyl (C=O) groups is 2. The summed E-state index contributed by atoms with van der Waals surface area (Å²) in [5, 5.41) is 8.86. The van der Waals surface area contributed by atoms with Crippen LogP contribution >= 0.6 is 22.9 Å². The number of aryl methyl sites for hydroxylation is 2. The number of halogens is 2. The summed E-state index contributed by atoms with van der Waals surface area (Å²) in [5.41, 5.74) is 2.05. The van der Waals surface area contributed by atoms with Crippen molar-refractivity contribution < 1.29 is 14.0 Å². The van der Waals surface area contributed by atoms with Crippen molar-refractivity contribution in [3.05, 3.63) is 58.3 Å². The zero-order chi connectivity index (χ0) is 22.5. The van der Waals surface area contributed by atoms with Crippen LogP contribution in [0.3, 0.4) is 0 Å². The zero-order valence-corrected chi connectivity index (χ0v) is 18.7. The van der Waals surface area contributed by atoms with E-state index < -0.39 is 11.7 Å². The van der Waals surface area contributed by atoms with E-state index >= 15 is 0 Å². The third-order valence-corrected chi connectivity index (χ3v) is 5.80. The molecule has 2 heterocycles. The number of hydrogen-bond donors (Lipinski definition) is 3. The van der Waals surface area contributed by atoms with Gasteiger partial charge in [0.1, 0.15) is 5.82 Å². The third kappa shape index (κ3) is 5.46. The monoisotopic (exact) mass is 459 g/mol. The highest BCUT2D eigenvalue weighted by Gasteiger charge is 2.18. The number of thiazole rings is 1. The predicted molar refractivity (Wildman–Crippen MR) is 124 cm³/mol. The van der Waals surface area contributed by atoms with Gasteiger partial charge in [-0.15, -0.1) is 0 Å².